The number of benzene rings is 2. The zero-order valence-electron chi connectivity index (χ0n) is 9.84. The summed E-state index contributed by atoms with van der Waals surface area (Å²) >= 11 is 0. The summed E-state index contributed by atoms with van der Waals surface area (Å²) in [6.45, 7) is 0. The van der Waals surface area contributed by atoms with Crippen LogP contribution in [0, 0.1) is 0 Å². The molecule has 4 rings (SSSR count). The van der Waals surface area contributed by atoms with Gasteiger partial charge in [0.1, 0.15) is 0 Å². The van der Waals surface area contributed by atoms with Crippen LogP contribution in [0.2, 0.25) is 0 Å². The first-order valence-corrected chi connectivity index (χ1v) is 6.57. The van der Waals surface area contributed by atoms with Crippen LogP contribution in [0.4, 0.5) is 0 Å². The second kappa shape index (κ2) is 3.46. The maximum atomic E-state index is 2.34. The molecule has 3 atom stereocenters. The van der Waals surface area contributed by atoms with Crippen LogP contribution in [0.5, 0.6) is 0 Å². The molecule has 1 fully saturated rings. The first-order valence-electron chi connectivity index (χ1n) is 6.57. The molecule has 0 amide bonds. The molecule has 0 unspecified atom stereocenters. The van der Waals surface area contributed by atoms with Gasteiger partial charge in [-0.05, 0) is 47.3 Å². The van der Waals surface area contributed by atoms with E-state index in [0.717, 1.165) is 17.8 Å². The van der Waals surface area contributed by atoms with E-state index in [-0.39, 0.29) is 0 Å². The van der Waals surface area contributed by atoms with Crippen molar-refractivity contribution in [1.82, 2.24) is 0 Å². The van der Waals surface area contributed by atoms with Crippen LogP contribution in [0.15, 0.2) is 54.6 Å². The predicted octanol–water partition coefficient (Wildman–Crippen LogP) is 4.45. The van der Waals surface area contributed by atoms with Gasteiger partial charge in [0.15, 0.2) is 0 Å². The Labute approximate surface area is 102 Å². The lowest BCUT2D eigenvalue weighted by Crippen LogP contribution is -2.08. The Morgan fingerprint density at radius 1 is 0.647 bits per heavy atom. The zero-order valence-corrected chi connectivity index (χ0v) is 9.84. The topological polar surface area (TPSA) is 0 Å². The average Bonchev–Trinajstić information content (AvgIpc) is 2.99. The third-order valence-electron chi connectivity index (χ3n) is 4.63. The summed E-state index contributed by atoms with van der Waals surface area (Å²) < 4.78 is 0. The molecule has 2 bridgehead atoms. The van der Waals surface area contributed by atoms with Gasteiger partial charge in [-0.15, -0.1) is 0 Å². The van der Waals surface area contributed by atoms with Gasteiger partial charge >= 0.3 is 0 Å². The maximum absolute atomic E-state index is 2.34. The third kappa shape index (κ3) is 1.30. The molecule has 0 saturated heterocycles. The van der Waals surface area contributed by atoms with Crippen LogP contribution in [0.3, 0.4) is 0 Å². The van der Waals surface area contributed by atoms with Gasteiger partial charge < -0.3 is 0 Å². The smallest absolute Gasteiger partial charge is 0.00842 e. The molecule has 0 heteroatoms. The first kappa shape index (κ1) is 9.47. The van der Waals surface area contributed by atoms with Gasteiger partial charge in [0.25, 0.3) is 0 Å². The Kier molecular flexibility index (Phi) is 1.93. The van der Waals surface area contributed by atoms with E-state index in [1.807, 2.05) is 0 Å². The summed E-state index contributed by atoms with van der Waals surface area (Å²) in [5, 5.41) is 0. The molecule has 2 aromatic carbocycles. The lowest BCUT2D eigenvalue weighted by Gasteiger charge is -2.24. The maximum Gasteiger partial charge on any atom is -0.00842 e. The molecule has 0 aromatic heterocycles. The van der Waals surface area contributed by atoms with E-state index in [9.17, 15) is 0 Å². The van der Waals surface area contributed by atoms with Crippen LogP contribution in [0.1, 0.15) is 47.3 Å². The van der Waals surface area contributed by atoms with Crippen molar-refractivity contribution >= 4 is 0 Å². The van der Waals surface area contributed by atoms with E-state index in [1.165, 1.54) is 18.4 Å². The van der Waals surface area contributed by atoms with E-state index in [4.69, 9.17) is 0 Å². The molecular formula is C17H16. The highest BCUT2D eigenvalue weighted by atomic mass is 14.5. The van der Waals surface area contributed by atoms with Crippen molar-refractivity contribution in [2.45, 2.75) is 30.6 Å². The minimum Gasteiger partial charge on any atom is -0.0622 e. The Bertz CT molecular complexity index is 541. The highest BCUT2D eigenvalue weighted by molar-refractivity contribution is 5.45. The van der Waals surface area contributed by atoms with E-state index in [1.54, 1.807) is 11.1 Å². The lowest BCUT2D eigenvalue weighted by atomic mass is 9.80. The molecule has 0 aliphatic heterocycles. The van der Waals surface area contributed by atoms with Crippen LogP contribution >= 0.6 is 0 Å². The minimum absolute atomic E-state index is 0.760. The average molecular weight is 220 g/mol. The summed E-state index contributed by atoms with van der Waals surface area (Å²) in [7, 11) is 0. The zero-order chi connectivity index (χ0) is 11.2. The molecule has 17 heavy (non-hydrogen) atoms. The number of hydrogen-bond acceptors (Lipinski definition) is 0. The minimum atomic E-state index is 0.760. The van der Waals surface area contributed by atoms with Crippen LogP contribution in [-0.4, -0.2) is 0 Å². The molecule has 1 saturated carbocycles. The summed E-state index contributed by atoms with van der Waals surface area (Å²) in [5.74, 6) is 2.36. The normalized spacial score (nSPS) is 29.3. The van der Waals surface area contributed by atoms with Crippen molar-refractivity contribution in [2.24, 2.45) is 0 Å². The molecular weight excluding hydrogens is 204 g/mol. The molecule has 2 aliphatic carbocycles. The van der Waals surface area contributed by atoms with Gasteiger partial charge in [-0.1, -0.05) is 54.6 Å². The Morgan fingerprint density at radius 2 is 1.29 bits per heavy atom. The molecule has 0 spiro atoms. The van der Waals surface area contributed by atoms with Crippen LogP contribution < -0.4 is 0 Å². The molecule has 2 aliphatic rings. The van der Waals surface area contributed by atoms with Crippen molar-refractivity contribution in [1.29, 1.82) is 0 Å². The van der Waals surface area contributed by atoms with Crippen molar-refractivity contribution in [3.05, 3.63) is 71.3 Å². The second-order valence-electron chi connectivity index (χ2n) is 5.42. The Morgan fingerprint density at radius 3 is 2.12 bits per heavy atom. The lowest BCUT2D eigenvalue weighted by molar-refractivity contribution is 0.605. The molecule has 84 valence electrons. The van der Waals surface area contributed by atoms with Gasteiger partial charge in [-0.2, -0.15) is 0 Å². The quantitative estimate of drug-likeness (QED) is 0.666. The fourth-order valence-corrected chi connectivity index (χ4v) is 3.92. The highest BCUT2D eigenvalue weighted by Gasteiger charge is 2.43. The van der Waals surface area contributed by atoms with Crippen molar-refractivity contribution in [3.8, 4) is 0 Å². The number of hydrogen-bond donors (Lipinski definition) is 0. The standard InChI is InChI=1S/C17H16/c1-2-6-12(7-3-1)16-10-13-11-17(16)15-9-5-4-8-14(13)15/h1-9,13,16-17H,10-11H2/t13-,16+,17+/m0/s1. The summed E-state index contributed by atoms with van der Waals surface area (Å²) in [6, 6.07) is 20.1. The first-order chi connectivity index (χ1) is 8.43. The van der Waals surface area contributed by atoms with E-state index < -0.39 is 0 Å². The molecule has 0 heterocycles. The third-order valence-corrected chi connectivity index (χ3v) is 4.63. The molecule has 0 nitrogen and oxygen atoms in total. The fraction of sp³-hybridized carbons (Fsp3) is 0.294. The summed E-state index contributed by atoms with van der Waals surface area (Å²) in [6.07, 6.45) is 2.73. The van der Waals surface area contributed by atoms with Gasteiger partial charge in [0.05, 0.1) is 0 Å². The Balaban J connectivity index is 1.77. The Hall–Kier alpha value is -1.56. The second-order valence-corrected chi connectivity index (χ2v) is 5.42. The van der Waals surface area contributed by atoms with Crippen molar-refractivity contribution in [2.75, 3.05) is 0 Å². The van der Waals surface area contributed by atoms with Crippen molar-refractivity contribution in [3.63, 3.8) is 0 Å². The molecule has 0 N–H and O–H groups in total. The number of rotatable bonds is 1. The largest absolute Gasteiger partial charge is 0.0622 e. The van der Waals surface area contributed by atoms with Gasteiger partial charge in [-0.3, -0.25) is 0 Å². The molecule has 2 aromatic rings. The molecule has 0 radical (unpaired) electrons. The van der Waals surface area contributed by atoms with Gasteiger partial charge in [0.2, 0.25) is 0 Å². The van der Waals surface area contributed by atoms with Crippen molar-refractivity contribution < 1.29 is 0 Å². The number of fused-ring (bicyclic) bond motifs is 5. The van der Waals surface area contributed by atoms with Crippen LogP contribution in [0.25, 0.3) is 0 Å². The van der Waals surface area contributed by atoms with Gasteiger partial charge in [-0.25, -0.2) is 0 Å². The predicted molar refractivity (Wildman–Crippen MR) is 70.3 cm³/mol. The van der Waals surface area contributed by atoms with E-state index >= 15 is 0 Å². The monoisotopic (exact) mass is 220 g/mol. The summed E-state index contributed by atoms with van der Waals surface area (Å²) in [5.41, 5.74) is 4.79. The van der Waals surface area contributed by atoms with Gasteiger partial charge in [0, 0.05) is 0 Å². The highest BCUT2D eigenvalue weighted by Crippen LogP contribution is 2.59. The van der Waals surface area contributed by atoms with E-state index in [0.29, 0.717) is 0 Å². The summed E-state index contributed by atoms with van der Waals surface area (Å²) in [4.78, 5) is 0. The van der Waals surface area contributed by atoms with E-state index in [2.05, 4.69) is 54.6 Å². The SMILES string of the molecule is c1ccc([C@H]2C[C@H]3C[C@@H]2c2ccccc23)cc1. The van der Waals surface area contributed by atoms with Crippen LogP contribution in [-0.2, 0) is 0 Å². The fourth-order valence-electron chi connectivity index (χ4n) is 3.92.